The summed E-state index contributed by atoms with van der Waals surface area (Å²) >= 11 is 1.28. The average Bonchev–Trinajstić information content (AvgIpc) is 3.09. The summed E-state index contributed by atoms with van der Waals surface area (Å²) in [5.74, 6) is -1.29. The van der Waals surface area contributed by atoms with Crippen LogP contribution in [0.4, 0.5) is 8.78 Å². The van der Waals surface area contributed by atoms with Gasteiger partial charge in [0.2, 0.25) is 0 Å². The SMILES string of the molecule is CCNC(=NCCOc1ccc(F)cc1F)NC(C)c1nc(C)c(C(=O)OCC)s1.I. The molecule has 11 heteroatoms. The fourth-order valence-electron chi connectivity index (χ4n) is 2.48. The monoisotopic (exact) mass is 568 g/mol. The standard InChI is InChI=1S/C20H26F2N4O3S.HI/c1-5-23-20(24-9-10-29-16-8-7-14(21)11-15(16)22)26-13(4)18-25-12(3)17(30-18)19(27)28-6-2;/h7-8,11,13H,5-6,9-10H2,1-4H3,(H2,23,24,26);1H. The molecule has 0 fully saturated rings. The van der Waals surface area contributed by atoms with Gasteiger partial charge in [-0.25, -0.2) is 23.6 Å². The second kappa shape index (κ2) is 13.4. The highest BCUT2D eigenvalue weighted by atomic mass is 127. The minimum absolute atomic E-state index is 0. The van der Waals surface area contributed by atoms with Crippen molar-refractivity contribution in [2.75, 3.05) is 26.3 Å². The summed E-state index contributed by atoms with van der Waals surface area (Å²) < 4.78 is 36.9. The Balaban J connectivity index is 0.00000480. The zero-order valence-electron chi connectivity index (χ0n) is 17.8. The van der Waals surface area contributed by atoms with Crippen LogP contribution in [0.25, 0.3) is 0 Å². The molecule has 1 unspecified atom stereocenters. The second-order valence-electron chi connectivity index (χ2n) is 6.24. The normalized spacial score (nSPS) is 12.0. The highest BCUT2D eigenvalue weighted by molar-refractivity contribution is 14.0. The molecule has 1 heterocycles. The van der Waals surface area contributed by atoms with Crippen molar-refractivity contribution in [1.82, 2.24) is 15.6 Å². The van der Waals surface area contributed by atoms with E-state index in [0.29, 0.717) is 29.7 Å². The Kier molecular flexibility index (Phi) is 11.7. The molecule has 0 bridgehead atoms. The van der Waals surface area contributed by atoms with Gasteiger partial charge in [-0.15, -0.1) is 35.3 Å². The maximum Gasteiger partial charge on any atom is 0.350 e. The number of aliphatic imine (C=N–C) groups is 1. The molecular weight excluding hydrogens is 541 g/mol. The van der Waals surface area contributed by atoms with Crippen molar-refractivity contribution < 1.29 is 23.0 Å². The Morgan fingerprint density at radius 3 is 2.71 bits per heavy atom. The van der Waals surface area contributed by atoms with Gasteiger partial charge in [0.1, 0.15) is 22.3 Å². The number of ether oxygens (including phenoxy) is 2. The zero-order valence-corrected chi connectivity index (χ0v) is 21.0. The molecule has 0 aliphatic heterocycles. The van der Waals surface area contributed by atoms with Crippen LogP contribution >= 0.6 is 35.3 Å². The third kappa shape index (κ3) is 8.20. The third-order valence-corrected chi connectivity index (χ3v) is 5.17. The Morgan fingerprint density at radius 1 is 1.32 bits per heavy atom. The van der Waals surface area contributed by atoms with E-state index in [1.165, 1.54) is 17.4 Å². The van der Waals surface area contributed by atoms with Crippen molar-refractivity contribution >= 4 is 47.2 Å². The summed E-state index contributed by atoms with van der Waals surface area (Å²) in [7, 11) is 0. The van der Waals surface area contributed by atoms with Crippen molar-refractivity contribution in [3.63, 3.8) is 0 Å². The minimum Gasteiger partial charge on any atom is -0.489 e. The molecule has 2 aromatic rings. The lowest BCUT2D eigenvalue weighted by molar-refractivity contribution is 0.0531. The first-order valence-corrected chi connectivity index (χ1v) is 10.4. The fraction of sp³-hybridized carbons (Fsp3) is 0.450. The van der Waals surface area contributed by atoms with Crippen LogP contribution in [-0.2, 0) is 4.74 Å². The van der Waals surface area contributed by atoms with E-state index in [0.717, 1.165) is 17.1 Å². The number of carbonyl (C=O) groups excluding carboxylic acids is 1. The maximum atomic E-state index is 13.6. The van der Waals surface area contributed by atoms with E-state index in [2.05, 4.69) is 20.6 Å². The van der Waals surface area contributed by atoms with E-state index in [4.69, 9.17) is 9.47 Å². The molecule has 0 saturated carbocycles. The van der Waals surface area contributed by atoms with Gasteiger partial charge in [0.05, 0.1) is 24.9 Å². The summed E-state index contributed by atoms with van der Waals surface area (Å²) in [5, 5.41) is 7.06. The number of aryl methyl sites for hydroxylation is 1. The lowest BCUT2D eigenvalue weighted by Gasteiger charge is -2.16. The molecule has 1 aromatic carbocycles. The molecule has 0 saturated heterocycles. The Hall–Kier alpha value is -2.02. The first kappa shape index (κ1) is 27.0. The summed E-state index contributed by atoms with van der Waals surface area (Å²) in [6.07, 6.45) is 0. The number of aromatic nitrogens is 1. The molecule has 1 atom stereocenters. The van der Waals surface area contributed by atoms with Crippen LogP contribution in [0.2, 0.25) is 0 Å². The number of nitrogens with one attached hydrogen (secondary N) is 2. The van der Waals surface area contributed by atoms with Crippen molar-refractivity contribution in [2.45, 2.75) is 33.7 Å². The van der Waals surface area contributed by atoms with Crippen molar-refractivity contribution in [2.24, 2.45) is 4.99 Å². The molecule has 0 aliphatic carbocycles. The molecule has 7 nitrogen and oxygen atoms in total. The number of guanidine groups is 1. The van der Waals surface area contributed by atoms with E-state index in [-0.39, 0.29) is 54.9 Å². The fourth-order valence-corrected chi connectivity index (χ4v) is 3.44. The number of rotatable bonds is 9. The number of esters is 1. The zero-order chi connectivity index (χ0) is 22.1. The Morgan fingerprint density at radius 2 is 2.06 bits per heavy atom. The van der Waals surface area contributed by atoms with Gasteiger partial charge < -0.3 is 20.1 Å². The average molecular weight is 568 g/mol. The Labute approximate surface area is 201 Å². The first-order valence-electron chi connectivity index (χ1n) is 9.62. The highest BCUT2D eigenvalue weighted by Crippen LogP contribution is 2.24. The third-order valence-electron chi connectivity index (χ3n) is 3.85. The molecule has 2 rings (SSSR count). The van der Waals surface area contributed by atoms with E-state index < -0.39 is 11.6 Å². The van der Waals surface area contributed by atoms with Crippen LogP contribution in [0.3, 0.4) is 0 Å². The number of hydrogen-bond acceptors (Lipinski definition) is 6. The van der Waals surface area contributed by atoms with Crippen LogP contribution in [0.5, 0.6) is 5.75 Å². The molecule has 0 radical (unpaired) electrons. The largest absolute Gasteiger partial charge is 0.489 e. The van der Waals surface area contributed by atoms with Gasteiger partial charge in [-0.3, -0.25) is 0 Å². The van der Waals surface area contributed by atoms with Gasteiger partial charge in [-0.05, 0) is 39.8 Å². The molecule has 31 heavy (non-hydrogen) atoms. The first-order chi connectivity index (χ1) is 14.3. The van der Waals surface area contributed by atoms with Gasteiger partial charge in [0.15, 0.2) is 17.5 Å². The van der Waals surface area contributed by atoms with Crippen molar-refractivity contribution in [3.8, 4) is 5.75 Å². The molecule has 172 valence electrons. The van der Waals surface area contributed by atoms with E-state index in [1.54, 1.807) is 13.8 Å². The maximum absolute atomic E-state index is 13.6. The van der Waals surface area contributed by atoms with Crippen LogP contribution in [0.15, 0.2) is 23.2 Å². The summed E-state index contributed by atoms with van der Waals surface area (Å²) in [4.78, 5) is 21.3. The summed E-state index contributed by atoms with van der Waals surface area (Å²) in [5.41, 5.74) is 0.624. The van der Waals surface area contributed by atoms with Crippen molar-refractivity contribution in [3.05, 3.63) is 45.4 Å². The van der Waals surface area contributed by atoms with Crippen LogP contribution in [0, 0.1) is 18.6 Å². The number of benzene rings is 1. The predicted octanol–water partition coefficient (Wildman–Crippen LogP) is 4.22. The van der Waals surface area contributed by atoms with Crippen LogP contribution in [-0.4, -0.2) is 43.2 Å². The topological polar surface area (TPSA) is 84.8 Å². The van der Waals surface area contributed by atoms with Gasteiger partial charge in [0, 0.05) is 12.6 Å². The van der Waals surface area contributed by atoms with E-state index >= 15 is 0 Å². The molecule has 0 amide bonds. The van der Waals surface area contributed by atoms with Crippen molar-refractivity contribution in [1.29, 1.82) is 0 Å². The molecule has 0 spiro atoms. The highest BCUT2D eigenvalue weighted by Gasteiger charge is 2.20. The quantitative estimate of drug-likeness (QED) is 0.155. The number of hydrogen-bond donors (Lipinski definition) is 2. The number of nitrogens with zero attached hydrogens (tertiary/aromatic N) is 2. The lowest BCUT2D eigenvalue weighted by atomic mass is 10.3. The molecule has 1 aromatic heterocycles. The van der Waals surface area contributed by atoms with E-state index in [9.17, 15) is 13.6 Å². The summed E-state index contributed by atoms with van der Waals surface area (Å²) in [6.45, 7) is 8.68. The van der Waals surface area contributed by atoms with Crippen LogP contribution < -0.4 is 15.4 Å². The predicted molar refractivity (Wildman–Crippen MR) is 128 cm³/mol. The molecular formula is C20H27F2IN4O3S. The Bertz CT molecular complexity index is 895. The number of thiazole rings is 1. The lowest BCUT2D eigenvalue weighted by Crippen LogP contribution is -2.39. The second-order valence-corrected chi connectivity index (χ2v) is 7.27. The smallest absolute Gasteiger partial charge is 0.350 e. The van der Waals surface area contributed by atoms with Gasteiger partial charge in [-0.2, -0.15) is 0 Å². The number of halogens is 3. The number of carbonyl (C=O) groups is 1. The van der Waals surface area contributed by atoms with Gasteiger partial charge >= 0.3 is 5.97 Å². The molecule has 2 N–H and O–H groups in total. The summed E-state index contributed by atoms with van der Waals surface area (Å²) in [6, 6.07) is 2.94. The van der Waals surface area contributed by atoms with Crippen LogP contribution in [0.1, 0.15) is 47.2 Å². The van der Waals surface area contributed by atoms with Gasteiger partial charge in [-0.1, -0.05) is 0 Å². The van der Waals surface area contributed by atoms with Gasteiger partial charge in [0.25, 0.3) is 0 Å². The minimum atomic E-state index is -0.755. The van der Waals surface area contributed by atoms with E-state index in [1.807, 2.05) is 13.8 Å². The molecule has 0 aliphatic rings.